The van der Waals surface area contributed by atoms with Crippen LogP contribution in [0.1, 0.15) is 0 Å². The lowest BCUT2D eigenvalue weighted by molar-refractivity contribution is 0.610. The van der Waals surface area contributed by atoms with Gasteiger partial charge < -0.3 is 0 Å². The smallest absolute Gasteiger partial charge is 0.244 e. The maximum atomic E-state index is 11.3. The van der Waals surface area contributed by atoms with E-state index in [4.69, 9.17) is 22.3 Å². The Bertz CT molecular complexity index is 628. The summed E-state index contributed by atoms with van der Waals surface area (Å²) in [6.07, 6.45) is 1.44. The summed E-state index contributed by atoms with van der Waals surface area (Å²) in [5.41, 5.74) is 0. The molecule has 3 nitrogen and oxygen atoms in total. The molecule has 1 heterocycles. The van der Waals surface area contributed by atoms with Gasteiger partial charge in [0, 0.05) is 27.7 Å². The maximum Gasteiger partial charge on any atom is 0.261 e. The molecule has 7 heteroatoms. The minimum Gasteiger partial charge on any atom is -0.244 e. The van der Waals surface area contributed by atoms with Gasteiger partial charge in [-0.05, 0) is 12.1 Å². The molecule has 2 aromatic rings. The van der Waals surface area contributed by atoms with Gasteiger partial charge in [0.25, 0.3) is 9.05 Å². The Morgan fingerprint density at radius 2 is 1.81 bits per heavy atom. The Hall–Kier alpha value is -0.550. The summed E-state index contributed by atoms with van der Waals surface area (Å²) in [7, 11) is 1.54. The number of pyridine rings is 1. The van der Waals surface area contributed by atoms with Crippen molar-refractivity contribution in [1.29, 1.82) is 0 Å². The normalized spacial score (nSPS) is 11.1. The van der Waals surface area contributed by atoms with Crippen LogP contribution in [0.2, 0.25) is 5.15 Å². The van der Waals surface area contributed by atoms with E-state index in [0.717, 1.165) is 0 Å². The Morgan fingerprint density at radius 3 is 2.44 bits per heavy atom. The van der Waals surface area contributed by atoms with Crippen molar-refractivity contribution in [1.82, 2.24) is 4.98 Å². The fraction of sp³-hybridized carbons (Fsp3) is 0. The van der Waals surface area contributed by atoms with E-state index in [2.05, 4.69) is 4.98 Å². The zero-order chi connectivity index (χ0) is 11.1. The summed E-state index contributed by atoms with van der Waals surface area (Å²) in [5.74, 6) is 0. The standard InChI is InChI=1S/C9H5Cl2NO2S.ClH/c10-9-7-2-1-3-8(15(11,13)14)6(7)4-5-12-9;/h1-5H;1H. The third-order valence-electron chi connectivity index (χ3n) is 1.98. The number of benzene rings is 1. The van der Waals surface area contributed by atoms with Crippen LogP contribution in [0, 0.1) is 0 Å². The summed E-state index contributed by atoms with van der Waals surface area (Å²) < 4.78 is 22.5. The Balaban J connectivity index is 0.00000128. The molecule has 1 aromatic heterocycles. The SMILES string of the molecule is Cl.O=S(=O)(Cl)c1cccc2c(Cl)nccc12. The quantitative estimate of drug-likeness (QED) is 0.600. The average Bonchev–Trinajstić information content (AvgIpc) is 2.16. The maximum absolute atomic E-state index is 11.3. The van der Waals surface area contributed by atoms with Gasteiger partial charge in [-0.15, -0.1) is 12.4 Å². The lowest BCUT2D eigenvalue weighted by Gasteiger charge is -2.03. The second kappa shape index (κ2) is 4.75. The molecule has 0 aliphatic carbocycles. The summed E-state index contributed by atoms with van der Waals surface area (Å²) in [6, 6.07) is 6.26. The lowest BCUT2D eigenvalue weighted by atomic mass is 10.2. The summed E-state index contributed by atoms with van der Waals surface area (Å²) >= 11 is 5.83. The Labute approximate surface area is 108 Å². The highest BCUT2D eigenvalue weighted by atomic mass is 35.7. The van der Waals surface area contributed by atoms with Gasteiger partial charge in [0.05, 0.1) is 4.90 Å². The molecule has 0 fully saturated rings. The van der Waals surface area contributed by atoms with Gasteiger partial charge in [-0.2, -0.15) is 0 Å². The van der Waals surface area contributed by atoms with E-state index in [1.54, 1.807) is 18.2 Å². The molecule has 0 aliphatic heterocycles. The van der Waals surface area contributed by atoms with E-state index >= 15 is 0 Å². The molecule has 0 spiro atoms. The van der Waals surface area contributed by atoms with E-state index in [9.17, 15) is 8.42 Å². The molecule has 86 valence electrons. The van der Waals surface area contributed by atoms with Crippen molar-refractivity contribution < 1.29 is 8.42 Å². The molecule has 2 rings (SSSR count). The molecule has 0 N–H and O–H groups in total. The predicted molar refractivity (Wildman–Crippen MR) is 67.0 cm³/mol. The molecule has 0 atom stereocenters. The van der Waals surface area contributed by atoms with Crippen molar-refractivity contribution in [2.75, 3.05) is 0 Å². The van der Waals surface area contributed by atoms with Gasteiger partial charge in [0.1, 0.15) is 5.15 Å². The Morgan fingerprint density at radius 1 is 1.12 bits per heavy atom. The molecule has 0 saturated carbocycles. The van der Waals surface area contributed by atoms with Crippen LogP contribution < -0.4 is 0 Å². The summed E-state index contributed by atoms with van der Waals surface area (Å²) in [6.45, 7) is 0. The van der Waals surface area contributed by atoms with Gasteiger partial charge in [-0.1, -0.05) is 23.7 Å². The van der Waals surface area contributed by atoms with E-state index in [1.165, 1.54) is 12.3 Å². The average molecular weight is 299 g/mol. The fourth-order valence-corrected chi connectivity index (χ4v) is 2.66. The number of hydrogen-bond donors (Lipinski definition) is 0. The van der Waals surface area contributed by atoms with Crippen LogP contribution >= 0.6 is 34.7 Å². The monoisotopic (exact) mass is 297 g/mol. The number of aromatic nitrogens is 1. The van der Waals surface area contributed by atoms with Crippen LogP contribution in [0.25, 0.3) is 10.8 Å². The van der Waals surface area contributed by atoms with Crippen molar-refractivity contribution in [3.05, 3.63) is 35.6 Å². The van der Waals surface area contributed by atoms with E-state index in [-0.39, 0.29) is 22.5 Å². The highest BCUT2D eigenvalue weighted by Crippen LogP contribution is 2.28. The third kappa shape index (κ3) is 2.40. The van der Waals surface area contributed by atoms with E-state index in [1.807, 2.05) is 0 Å². The summed E-state index contributed by atoms with van der Waals surface area (Å²) in [4.78, 5) is 3.91. The van der Waals surface area contributed by atoms with Crippen molar-refractivity contribution >= 4 is 54.5 Å². The molecule has 0 saturated heterocycles. The zero-order valence-electron chi connectivity index (χ0n) is 7.72. The molecular formula is C9H6Cl3NO2S. The van der Waals surface area contributed by atoms with E-state index in [0.29, 0.717) is 10.8 Å². The van der Waals surface area contributed by atoms with Crippen molar-refractivity contribution in [3.63, 3.8) is 0 Å². The molecule has 1 aromatic carbocycles. The van der Waals surface area contributed by atoms with Crippen LogP contribution in [0.15, 0.2) is 35.4 Å². The topological polar surface area (TPSA) is 47.0 Å². The molecule has 0 unspecified atom stereocenters. The second-order valence-corrected chi connectivity index (χ2v) is 5.78. The Kier molecular flexibility index (Phi) is 4.02. The molecule has 0 radical (unpaired) electrons. The first-order chi connectivity index (χ1) is 7.00. The first kappa shape index (κ1) is 13.5. The second-order valence-electron chi connectivity index (χ2n) is 2.89. The van der Waals surface area contributed by atoms with Crippen LogP contribution in [0.3, 0.4) is 0 Å². The van der Waals surface area contributed by atoms with Gasteiger partial charge >= 0.3 is 0 Å². The third-order valence-corrected chi connectivity index (χ3v) is 3.66. The molecular weight excluding hydrogens is 293 g/mol. The van der Waals surface area contributed by atoms with Crippen molar-refractivity contribution in [2.24, 2.45) is 0 Å². The predicted octanol–water partition coefficient (Wildman–Crippen LogP) is 3.24. The summed E-state index contributed by atoms with van der Waals surface area (Å²) in [5, 5.41) is 1.31. The van der Waals surface area contributed by atoms with Crippen LogP contribution in [-0.2, 0) is 9.05 Å². The van der Waals surface area contributed by atoms with Crippen LogP contribution in [-0.4, -0.2) is 13.4 Å². The fourth-order valence-electron chi connectivity index (χ4n) is 1.36. The van der Waals surface area contributed by atoms with E-state index < -0.39 is 9.05 Å². The van der Waals surface area contributed by atoms with Gasteiger partial charge in [0.2, 0.25) is 0 Å². The number of rotatable bonds is 1. The minimum absolute atomic E-state index is 0. The van der Waals surface area contributed by atoms with Gasteiger partial charge in [-0.25, -0.2) is 13.4 Å². The largest absolute Gasteiger partial charge is 0.261 e. The van der Waals surface area contributed by atoms with Gasteiger partial charge in [-0.3, -0.25) is 0 Å². The lowest BCUT2D eigenvalue weighted by Crippen LogP contribution is -1.92. The number of nitrogens with zero attached hydrogens (tertiary/aromatic N) is 1. The number of halogens is 3. The molecule has 0 amide bonds. The molecule has 16 heavy (non-hydrogen) atoms. The minimum atomic E-state index is -3.76. The first-order valence-electron chi connectivity index (χ1n) is 3.98. The van der Waals surface area contributed by atoms with Gasteiger partial charge in [0.15, 0.2) is 0 Å². The zero-order valence-corrected chi connectivity index (χ0v) is 10.9. The van der Waals surface area contributed by atoms with Crippen molar-refractivity contribution in [2.45, 2.75) is 4.90 Å². The highest BCUT2D eigenvalue weighted by Gasteiger charge is 2.14. The number of hydrogen-bond acceptors (Lipinski definition) is 3. The van der Waals surface area contributed by atoms with Crippen LogP contribution in [0.4, 0.5) is 0 Å². The van der Waals surface area contributed by atoms with Crippen LogP contribution in [0.5, 0.6) is 0 Å². The molecule has 0 aliphatic rings. The molecule has 0 bridgehead atoms. The first-order valence-corrected chi connectivity index (χ1v) is 6.67. The number of fused-ring (bicyclic) bond motifs is 1. The highest BCUT2D eigenvalue weighted by molar-refractivity contribution is 8.14. The van der Waals surface area contributed by atoms with Crippen molar-refractivity contribution in [3.8, 4) is 0 Å².